The van der Waals surface area contributed by atoms with Crippen molar-refractivity contribution in [1.82, 2.24) is 9.97 Å². The van der Waals surface area contributed by atoms with Gasteiger partial charge in [0.1, 0.15) is 5.82 Å². The van der Waals surface area contributed by atoms with Crippen LogP contribution >= 0.6 is 0 Å². The van der Waals surface area contributed by atoms with Crippen LogP contribution in [0.15, 0.2) is 18.6 Å². The summed E-state index contributed by atoms with van der Waals surface area (Å²) in [4.78, 5) is 8.06. The molecule has 0 aromatic carbocycles. The number of rotatable bonds is 5. The van der Waals surface area contributed by atoms with Crippen LogP contribution < -0.4 is 5.32 Å². The third-order valence-corrected chi connectivity index (χ3v) is 1.65. The van der Waals surface area contributed by atoms with E-state index in [9.17, 15) is 0 Å². The summed E-state index contributed by atoms with van der Waals surface area (Å²) in [6, 6.07) is 0. The Morgan fingerprint density at radius 1 is 1.33 bits per heavy atom. The molecular weight excluding hydrogens is 150 g/mol. The Balaban J connectivity index is 2.16. The van der Waals surface area contributed by atoms with Gasteiger partial charge in [0.05, 0.1) is 6.20 Å². The summed E-state index contributed by atoms with van der Waals surface area (Å²) >= 11 is 0. The Bertz CT molecular complexity index is 198. The highest BCUT2D eigenvalue weighted by Crippen LogP contribution is 1.99. The fourth-order valence-corrected chi connectivity index (χ4v) is 0.982. The number of hydrogen-bond acceptors (Lipinski definition) is 3. The highest BCUT2D eigenvalue weighted by Gasteiger charge is 1.89. The van der Waals surface area contributed by atoms with Crippen LogP contribution in [-0.2, 0) is 0 Å². The van der Waals surface area contributed by atoms with Crippen molar-refractivity contribution in [3.8, 4) is 0 Å². The predicted molar refractivity (Wildman–Crippen MR) is 50.0 cm³/mol. The van der Waals surface area contributed by atoms with Crippen molar-refractivity contribution < 1.29 is 0 Å². The van der Waals surface area contributed by atoms with E-state index in [0.29, 0.717) is 0 Å². The smallest absolute Gasteiger partial charge is 0.144 e. The summed E-state index contributed by atoms with van der Waals surface area (Å²) in [6.07, 6.45) is 8.84. The molecule has 3 nitrogen and oxygen atoms in total. The molecule has 0 atom stereocenters. The maximum absolute atomic E-state index is 4.10. The second-order valence-corrected chi connectivity index (χ2v) is 2.72. The van der Waals surface area contributed by atoms with Crippen molar-refractivity contribution in [3.05, 3.63) is 18.6 Å². The van der Waals surface area contributed by atoms with E-state index in [-0.39, 0.29) is 0 Å². The van der Waals surface area contributed by atoms with Gasteiger partial charge in [-0.2, -0.15) is 0 Å². The molecule has 0 saturated heterocycles. The second kappa shape index (κ2) is 5.52. The molecule has 0 bridgehead atoms. The number of nitrogens with zero attached hydrogens (tertiary/aromatic N) is 2. The van der Waals surface area contributed by atoms with Crippen LogP contribution in [0.3, 0.4) is 0 Å². The number of hydrogen-bond donors (Lipinski definition) is 1. The van der Waals surface area contributed by atoms with Crippen LogP contribution in [0.5, 0.6) is 0 Å². The molecule has 12 heavy (non-hydrogen) atoms. The van der Waals surface area contributed by atoms with E-state index >= 15 is 0 Å². The normalized spacial score (nSPS) is 9.75. The van der Waals surface area contributed by atoms with Crippen LogP contribution in [0, 0.1) is 0 Å². The fraction of sp³-hybridized carbons (Fsp3) is 0.556. The minimum absolute atomic E-state index is 0.869. The molecule has 66 valence electrons. The number of anilines is 1. The van der Waals surface area contributed by atoms with E-state index in [1.165, 1.54) is 19.3 Å². The molecule has 1 aromatic heterocycles. The summed E-state index contributed by atoms with van der Waals surface area (Å²) in [6.45, 7) is 3.19. The number of nitrogens with one attached hydrogen (secondary N) is 1. The molecule has 0 fully saturated rings. The summed E-state index contributed by atoms with van der Waals surface area (Å²) in [5.41, 5.74) is 0. The quantitative estimate of drug-likeness (QED) is 0.679. The molecule has 0 unspecified atom stereocenters. The Kier molecular flexibility index (Phi) is 4.13. The van der Waals surface area contributed by atoms with Gasteiger partial charge in [0, 0.05) is 18.9 Å². The van der Waals surface area contributed by atoms with Gasteiger partial charge in [-0.15, -0.1) is 0 Å². The largest absolute Gasteiger partial charge is 0.369 e. The van der Waals surface area contributed by atoms with Crippen LogP contribution in [0.1, 0.15) is 26.2 Å². The zero-order valence-electron chi connectivity index (χ0n) is 7.45. The summed E-state index contributed by atoms with van der Waals surface area (Å²) in [7, 11) is 0. The monoisotopic (exact) mass is 165 g/mol. The molecule has 0 aliphatic rings. The average Bonchev–Trinajstić information content (AvgIpc) is 2.14. The van der Waals surface area contributed by atoms with Crippen molar-refractivity contribution in [1.29, 1.82) is 0 Å². The van der Waals surface area contributed by atoms with Crippen LogP contribution in [0.2, 0.25) is 0 Å². The van der Waals surface area contributed by atoms with Gasteiger partial charge in [0.15, 0.2) is 0 Å². The zero-order valence-corrected chi connectivity index (χ0v) is 7.45. The molecule has 1 rings (SSSR count). The highest BCUT2D eigenvalue weighted by atomic mass is 15.0. The highest BCUT2D eigenvalue weighted by molar-refractivity contribution is 5.29. The molecule has 0 spiro atoms. The van der Waals surface area contributed by atoms with Crippen LogP contribution in [0.25, 0.3) is 0 Å². The van der Waals surface area contributed by atoms with Gasteiger partial charge >= 0.3 is 0 Å². The van der Waals surface area contributed by atoms with E-state index in [4.69, 9.17) is 0 Å². The summed E-state index contributed by atoms with van der Waals surface area (Å²) in [5.74, 6) is 0.869. The van der Waals surface area contributed by atoms with E-state index in [1.807, 2.05) is 0 Å². The van der Waals surface area contributed by atoms with E-state index < -0.39 is 0 Å². The molecule has 0 aliphatic carbocycles. The van der Waals surface area contributed by atoms with Crippen molar-refractivity contribution in [2.45, 2.75) is 26.2 Å². The van der Waals surface area contributed by atoms with Crippen molar-refractivity contribution >= 4 is 5.82 Å². The predicted octanol–water partition coefficient (Wildman–Crippen LogP) is 2.08. The lowest BCUT2D eigenvalue weighted by Crippen LogP contribution is -2.02. The Labute approximate surface area is 73.2 Å². The molecule has 0 saturated carbocycles. The number of aromatic nitrogens is 2. The third kappa shape index (κ3) is 3.32. The molecule has 1 N–H and O–H groups in total. The first-order chi connectivity index (χ1) is 5.93. The van der Waals surface area contributed by atoms with Crippen molar-refractivity contribution in [3.63, 3.8) is 0 Å². The SMILES string of the molecule is CCCCCNc1cnccn1. The molecule has 3 heteroatoms. The van der Waals surface area contributed by atoms with E-state index in [1.54, 1.807) is 18.6 Å². The molecule has 0 amide bonds. The maximum Gasteiger partial charge on any atom is 0.144 e. The minimum atomic E-state index is 0.869. The first-order valence-corrected chi connectivity index (χ1v) is 4.43. The Morgan fingerprint density at radius 2 is 2.25 bits per heavy atom. The topological polar surface area (TPSA) is 37.8 Å². The Morgan fingerprint density at radius 3 is 2.92 bits per heavy atom. The first-order valence-electron chi connectivity index (χ1n) is 4.43. The number of unbranched alkanes of at least 4 members (excludes halogenated alkanes) is 2. The molecular formula is C9H15N3. The van der Waals surface area contributed by atoms with E-state index in [0.717, 1.165) is 12.4 Å². The third-order valence-electron chi connectivity index (χ3n) is 1.65. The second-order valence-electron chi connectivity index (χ2n) is 2.72. The van der Waals surface area contributed by atoms with Crippen LogP contribution in [-0.4, -0.2) is 16.5 Å². The van der Waals surface area contributed by atoms with Gasteiger partial charge in [-0.05, 0) is 6.42 Å². The van der Waals surface area contributed by atoms with E-state index in [2.05, 4.69) is 22.2 Å². The van der Waals surface area contributed by atoms with Gasteiger partial charge in [0.25, 0.3) is 0 Å². The standard InChI is InChI=1S/C9H15N3/c1-2-3-4-5-11-9-8-10-6-7-12-9/h6-8H,2-5H2,1H3,(H,11,12). The lowest BCUT2D eigenvalue weighted by molar-refractivity contribution is 0.742. The van der Waals surface area contributed by atoms with Crippen molar-refractivity contribution in [2.24, 2.45) is 0 Å². The van der Waals surface area contributed by atoms with Gasteiger partial charge in [0.2, 0.25) is 0 Å². The minimum Gasteiger partial charge on any atom is -0.369 e. The maximum atomic E-state index is 4.10. The summed E-state index contributed by atoms with van der Waals surface area (Å²) < 4.78 is 0. The fourth-order valence-electron chi connectivity index (χ4n) is 0.982. The van der Waals surface area contributed by atoms with Gasteiger partial charge in [-0.25, -0.2) is 4.98 Å². The lowest BCUT2D eigenvalue weighted by Gasteiger charge is -2.02. The van der Waals surface area contributed by atoms with Gasteiger partial charge < -0.3 is 5.32 Å². The summed E-state index contributed by atoms with van der Waals surface area (Å²) in [5, 5.41) is 3.21. The van der Waals surface area contributed by atoms with Crippen molar-refractivity contribution in [2.75, 3.05) is 11.9 Å². The average molecular weight is 165 g/mol. The molecule has 0 radical (unpaired) electrons. The molecule has 1 aromatic rings. The Hall–Kier alpha value is -1.12. The zero-order chi connectivity index (χ0) is 8.65. The molecule has 1 heterocycles. The van der Waals surface area contributed by atoms with Gasteiger partial charge in [-0.3, -0.25) is 4.98 Å². The first kappa shape index (κ1) is 8.97. The lowest BCUT2D eigenvalue weighted by atomic mass is 10.2. The van der Waals surface area contributed by atoms with Crippen LogP contribution in [0.4, 0.5) is 5.82 Å². The van der Waals surface area contributed by atoms with Gasteiger partial charge in [-0.1, -0.05) is 19.8 Å². The molecule has 0 aliphatic heterocycles.